The first-order valence-corrected chi connectivity index (χ1v) is 4.73. The zero-order valence-corrected chi connectivity index (χ0v) is 8.51. The Kier molecular flexibility index (Phi) is 3.99. The molecule has 6 heteroatoms. The normalized spacial score (nSPS) is 12.1. The molecule has 0 amide bonds. The minimum Gasteiger partial charge on any atom is -0.369 e. The summed E-state index contributed by atoms with van der Waals surface area (Å²) in [6.45, 7) is 2.61. The monoisotopic (exact) mass is 210 g/mol. The third kappa shape index (κ3) is 3.51. The molecule has 1 atom stereocenters. The number of nitro groups is 1. The highest BCUT2D eigenvalue weighted by molar-refractivity contribution is 5.40. The van der Waals surface area contributed by atoms with Crippen LogP contribution in [0.2, 0.25) is 0 Å². The van der Waals surface area contributed by atoms with Crippen LogP contribution < -0.4 is 11.1 Å². The Morgan fingerprint density at radius 1 is 1.67 bits per heavy atom. The van der Waals surface area contributed by atoms with E-state index in [0.717, 1.165) is 6.42 Å². The van der Waals surface area contributed by atoms with Crippen LogP contribution >= 0.6 is 0 Å². The van der Waals surface area contributed by atoms with Crippen molar-refractivity contribution in [3.63, 3.8) is 0 Å². The summed E-state index contributed by atoms with van der Waals surface area (Å²) in [6.07, 6.45) is 2.10. The van der Waals surface area contributed by atoms with E-state index in [1.54, 1.807) is 6.07 Å². The van der Waals surface area contributed by atoms with Gasteiger partial charge in [-0.3, -0.25) is 10.1 Å². The SMILES string of the molecule is CCC(N)CNc1ccc([N+](=O)[O-])cn1. The Labute approximate surface area is 87.7 Å². The molecule has 0 saturated heterocycles. The van der Waals surface area contributed by atoms with Crippen molar-refractivity contribution in [1.29, 1.82) is 0 Å². The van der Waals surface area contributed by atoms with Gasteiger partial charge in [-0.15, -0.1) is 0 Å². The van der Waals surface area contributed by atoms with Crippen LogP contribution in [0.4, 0.5) is 11.5 Å². The van der Waals surface area contributed by atoms with Gasteiger partial charge in [0, 0.05) is 18.7 Å². The van der Waals surface area contributed by atoms with Crippen LogP contribution in [0.1, 0.15) is 13.3 Å². The van der Waals surface area contributed by atoms with Crippen LogP contribution in [0.15, 0.2) is 18.3 Å². The summed E-state index contributed by atoms with van der Waals surface area (Å²) in [5.74, 6) is 0.601. The molecule has 82 valence electrons. The summed E-state index contributed by atoms with van der Waals surface area (Å²) < 4.78 is 0. The molecule has 0 saturated carbocycles. The van der Waals surface area contributed by atoms with Crippen LogP contribution in [0, 0.1) is 10.1 Å². The first-order valence-electron chi connectivity index (χ1n) is 4.73. The highest BCUT2D eigenvalue weighted by atomic mass is 16.6. The topological polar surface area (TPSA) is 94.1 Å². The van der Waals surface area contributed by atoms with E-state index in [1.807, 2.05) is 6.92 Å². The van der Waals surface area contributed by atoms with Crippen molar-refractivity contribution in [2.24, 2.45) is 5.73 Å². The van der Waals surface area contributed by atoms with E-state index in [4.69, 9.17) is 5.73 Å². The number of hydrogen-bond acceptors (Lipinski definition) is 5. The highest BCUT2D eigenvalue weighted by Crippen LogP contribution is 2.11. The molecule has 1 aromatic heterocycles. The van der Waals surface area contributed by atoms with E-state index in [0.29, 0.717) is 12.4 Å². The molecule has 1 aromatic rings. The molecule has 15 heavy (non-hydrogen) atoms. The van der Waals surface area contributed by atoms with Crippen LogP contribution in [-0.2, 0) is 0 Å². The largest absolute Gasteiger partial charge is 0.369 e. The molecule has 6 nitrogen and oxygen atoms in total. The fourth-order valence-electron chi connectivity index (χ4n) is 0.979. The van der Waals surface area contributed by atoms with Gasteiger partial charge in [-0.1, -0.05) is 6.92 Å². The van der Waals surface area contributed by atoms with Gasteiger partial charge in [0.25, 0.3) is 5.69 Å². The number of aromatic nitrogens is 1. The van der Waals surface area contributed by atoms with Gasteiger partial charge in [0.15, 0.2) is 0 Å². The van der Waals surface area contributed by atoms with E-state index in [-0.39, 0.29) is 11.7 Å². The lowest BCUT2D eigenvalue weighted by molar-refractivity contribution is -0.385. The summed E-state index contributed by atoms with van der Waals surface area (Å²) >= 11 is 0. The second-order valence-corrected chi connectivity index (χ2v) is 3.21. The summed E-state index contributed by atoms with van der Waals surface area (Å²) in [7, 11) is 0. The van der Waals surface area contributed by atoms with Gasteiger partial charge in [-0.05, 0) is 12.5 Å². The van der Waals surface area contributed by atoms with Gasteiger partial charge in [0.1, 0.15) is 12.0 Å². The van der Waals surface area contributed by atoms with Crippen molar-refractivity contribution in [3.05, 3.63) is 28.4 Å². The molecule has 0 aromatic carbocycles. The summed E-state index contributed by atoms with van der Waals surface area (Å²) in [4.78, 5) is 13.8. The van der Waals surface area contributed by atoms with Crippen molar-refractivity contribution < 1.29 is 4.92 Å². The number of nitrogens with zero attached hydrogens (tertiary/aromatic N) is 2. The Balaban J connectivity index is 2.53. The van der Waals surface area contributed by atoms with Crippen LogP contribution in [0.3, 0.4) is 0 Å². The van der Waals surface area contributed by atoms with Crippen molar-refractivity contribution in [1.82, 2.24) is 4.98 Å². The smallest absolute Gasteiger partial charge is 0.287 e. The van der Waals surface area contributed by atoms with Gasteiger partial charge in [-0.2, -0.15) is 0 Å². The predicted molar refractivity (Wildman–Crippen MR) is 57.6 cm³/mol. The van der Waals surface area contributed by atoms with Crippen LogP contribution in [0.25, 0.3) is 0 Å². The molecule has 0 aliphatic rings. The Bertz CT molecular complexity index is 325. The highest BCUT2D eigenvalue weighted by Gasteiger charge is 2.05. The molecule has 1 unspecified atom stereocenters. The van der Waals surface area contributed by atoms with Crippen molar-refractivity contribution in [2.75, 3.05) is 11.9 Å². The first-order chi connectivity index (χ1) is 7.13. The molecule has 0 spiro atoms. The zero-order valence-electron chi connectivity index (χ0n) is 8.51. The lowest BCUT2D eigenvalue weighted by Gasteiger charge is -2.10. The Morgan fingerprint density at radius 2 is 2.40 bits per heavy atom. The van der Waals surface area contributed by atoms with Gasteiger partial charge in [-0.25, -0.2) is 4.98 Å². The van der Waals surface area contributed by atoms with Crippen LogP contribution in [-0.4, -0.2) is 22.5 Å². The maximum Gasteiger partial charge on any atom is 0.287 e. The second-order valence-electron chi connectivity index (χ2n) is 3.21. The summed E-state index contributed by atoms with van der Waals surface area (Å²) in [5.41, 5.74) is 5.69. The lowest BCUT2D eigenvalue weighted by atomic mass is 10.2. The average Bonchev–Trinajstić information content (AvgIpc) is 2.26. The number of hydrogen-bond donors (Lipinski definition) is 2. The van der Waals surface area contributed by atoms with E-state index in [2.05, 4.69) is 10.3 Å². The molecule has 1 rings (SSSR count). The quantitative estimate of drug-likeness (QED) is 0.561. The molecule has 0 bridgehead atoms. The van der Waals surface area contributed by atoms with Gasteiger partial charge in [0.05, 0.1) is 4.92 Å². The van der Waals surface area contributed by atoms with E-state index in [9.17, 15) is 10.1 Å². The minimum atomic E-state index is -0.478. The minimum absolute atomic E-state index is 0.0136. The van der Waals surface area contributed by atoms with Crippen molar-refractivity contribution in [2.45, 2.75) is 19.4 Å². The van der Waals surface area contributed by atoms with Crippen molar-refractivity contribution >= 4 is 11.5 Å². The lowest BCUT2D eigenvalue weighted by Crippen LogP contribution is -2.28. The molecule has 1 heterocycles. The molecule has 0 radical (unpaired) electrons. The molecule has 0 aliphatic heterocycles. The fourth-order valence-corrected chi connectivity index (χ4v) is 0.979. The van der Waals surface area contributed by atoms with Gasteiger partial charge in [0.2, 0.25) is 0 Å². The first kappa shape index (κ1) is 11.4. The third-order valence-corrected chi connectivity index (χ3v) is 2.03. The molecule has 0 fully saturated rings. The number of pyridine rings is 1. The van der Waals surface area contributed by atoms with Gasteiger partial charge >= 0.3 is 0 Å². The van der Waals surface area contributed by atoms with Gasteiger partial charge < -0.3 is 11.1 Å². The molecule has 0 aliphatic carbocycles. The Morgan fingerprint density at radius 3 is 2.87 bits per heavy atom. The number of anilines is 1. The Hall–Kier alpha value is -1.69. The number of nitrogens with two attached hydrogens (primary N) is 1. The molecular weight excluding hydrogens is 196 g/mol. The van der Waals surface area contributed by atoms with E-state index in [1.165, 1.54) is 12.3 Å². The van der Waals surface area contributed by atoms with E-state index < -0.39 is 4.92 Å². The maximum atomic E-state index is 10.3. The van der Waals surface area contributed by atoms with Crippen LogP contribution in [0.5, 0.6) is 0 Å². The average molecular weight is 210 g/mol. The molecular formula is C9H14N4O2. The summed E-state index contributed by atoms with van der Waals surface area (Å²) in [6, 6.07) is 3.05. The fraction of sp³-hybridized carbons (Fsp3) is 0.444. The maximum absolute atomic E-state index is 10.3. The second kappa shape index (κ2) is 5.26. The zero-order chi connectivity index (χ0) is 11.3. The van der Waals surface area contributed by atoms with E-state index >= 15 is 0 Å². The summed E-state index contributed by atoms with van der Waals surface area (Å²) in [5, 5.41) is 13.4. The number of nitrogens with one attached hydrogen (secondary N) is 1. The predicted octanol–water partition coefficient (Wildman–Crippen LogP) is 1.14. The number of rotatable bonds is 5. The van der Waals surface area contributed by atoms with Crippen molar-refractivity contribution in [3.8, 4) is 0 Å². The third-order valence-electron chi connectivity index (χ3n) is 2.03. The standard InChI is InChI=1S/C9H14N4O2/c1-2-7(10)5-11-9-4-3-8(6-12-9)13(14)15/h3-4,6-7H,2,5,10H2,1H3,(H,11,12). The molecule has 3 N–H and O–H groups in total.